The van der Waals surface area contributed by atoms with Gasteiger partial charge in [-0.25, -0.2) is 4.79 Å². The molecule has 98 valence electrons. The average Bonchev–Trinajstić information content (AvgIpc) is 2.30. The highest BCUT2D eigenvalue weighted by Crippen LogP contribution is 2.14. The van der Waals surface area contributed by atoms with E-state index < -0.39 is 11.6 Å². The number of anilines is 1. The quantitative estimate of drug-likeness (QED) is 0.635. The summed E-state index contributed by atoms with van der Waals surface area (Å²) in [4.78, 5) is 11.7. The van der Waals surface area contributed by atoms with Gasteiger partial charge in [-0.1, -0.05) is 18.2 Å². The minimum absolute atomic E-state index is 0.286. The van der Waals surface area contributed by atoms with Gasteiger partial charge in [0.05, 0.1) is 11.2 Å². The molecule has 0 saturated carbocycles. The standard InChI is InChI=1S/C12H16ClN3O2/c1-8(16-18)12(2,3)15-11(17)14-10-6-4-9(13)5-7-10/h4-7,16,18H,1H2,2-3H3,(H2,14,15,17). The Balaban J connectivity index is 2.62. The van der Waals surface area contributed by atoms with Crippen LogP contribution in [0.4, 0.5) is 10.5 Å². The van der Waals surface area contributed by atoms with Gasteiger partial charge in [0, 0.05) is 10.7 Å². The molecule has 6 heteroatoms. The van der Waals surface area contributed by atoms with Gasteiger partial charge in [-0.05, 0) is 38.1 Å². The molecular weight excluding hydrogens is 254 g/mol. The van der Waals surface area contributed by atoms with Gasteiger partial charge in [0.1, 0.15) is 0 Å². The Morgan fingerprint density at radius 1 is 1.33 bits per heavy atom. The first-order valence-electron chi connectivity index (χ1n) is 5.29. The third kappa shape index (κ3) is 3.94. The zero-order valence-corrected chi connectivity index (χ0v) is 11.0. The number of benzene rings is 1. The highest BCUT2D eigenvalue weighted by Gasteiger charge is 2.23. The molecule has 1 aromatic carbocycles. The third-order valence-electron chi connectivity index (χ3n) is 2.42. The van der Waals surface area contributed by atoms with E-state index in [4.69, 9.17) is 16.8 Å². The first kappa shape index (κ1) is 14.3. The molecule has 0 fully saturated rings. The van der Waals surface area contributed by atoms with E-state index in [-0.39, 0.29) is 5.70 Å². The second-order valence-electron chi connectivity index (χ2n) is 4.30. The number of rotatable bonds is 4. The topological polar surface area (TPSA) is 73.4 Å². The van der Waals surface area contributed by atoms with E-state index in [1.165, 1.54) is 0 Å². The lowest BCUT2D eigenvalue weighted by Gasteiger charge is -2.27. The first-order valence-corrected chi connectivity index (χ1v) is 5.67. The van der Waals surface area contributed by atoms with E-state index >= 15 is 0 Å². The Labute approximate surface area is 111 Å². The number of amides is 2. The maximum absolute atomic E-state index is 11.7. The molecule has 0 aliphatic carbocycles. The normalized spacial score (nSPS) is 10.7. The summed E-state index contributed by atoms with van der Waals surface area (Å²) in [5, 5.41) is 14.7. The smallest absolute Gasteiger partial charge is 0.319 e. The molecule has 0 aromatic heterocycles. The van der Waals surface area contributed by atoms with Gasteiger partial charge in [-0.15, -0.1) is 0 Å². The molecule has 0 bridgehead atoms. The lowest BCUT2D eigenvalue weighted by molar-refractivity contribution is 0.178. The van der Waals surface area contributed by atoms with Crippen LogP contribution in [0.2, 0.25) is 5.02 Å². The van der Waals surface area contributed by atoms with Crippen molar-refractivity contribution in [3.05, 3.63) is 41.6 Å². The zero-order valence-electron chi connectivity index (χ0n) is 10.2. The highest BCUT2D eigenvalue weighted by atomic mass is 35.5. The van der Waals surface area contributed by atoms with Crippen LogP contribution in [-0.4, -0.2) is 16.8 Å². The maximum Gasteiger partial charge on any atom is 0.319 e. The number of carbonyl (C=O) groups excluding carboxylic acids is 1. The monoisotopic (exact) mass is 269 g/mol. The molecule has 5 nitrogen and oxygen atoms in total. The van der Waals surface area contributed by atoms with Gasteiger partial charge in [0.15, 0.2) is 0 Å². The number of hydrogen-bond donors (Lipinski definition) is 4. The molecule has 18 heavy (non-hydrogen) atoms. The van der Waals surface area contributed by atoms with Gasteiger partial charge < -0.3 is 10.6 Å². The van der Waals surface area contributed by atoms with Gasteiger partial charge in [0.25, 0.3) is 0 Å². The molecule has 0 aliphatic heterocycles. The molecule has 1 rings (SSSR count). The Morgan fingerprint density at radius 3 is 2.39 bits per heavy atom. The van der Waals surface area contributed by atoms with Crippen LogP contribution in [0.25, 0.3) is 0 Å². The Kier molecular flexibility index (Phi) is 4.58. The molecule has 0 radical (unpaired) electrons. The molecule has 2 amide bonds. The molecule has 4 N–H and O–H groups in total. The summed E-state index contributed by atoms with van der Waals surface area (Å²) in [6, 6.07) is 6.33. The van der Waals surface area contributed by atoms with Gasteiger partial charge >= 0.3 is 6.03 Å². The number of urea groups is 1. The molecule has 0 unspecified atom stereocenters. The van der Waals surface area contributed by atoms with E-state index in [1.54, 1.807) is 38.1 Å². The van der Waals surface area contributed by atoms with Crippen molar-refractivity contribution in [3.63, 3.8) is 0 Å². The van der Waals surface area contributed by atoms with E-state index in [9.17, 15) is 4.79 Å². The summed E-state index contributed by atoms with van der Waals surface area (Å²) in [7, 11) is 0. The number of hydrogen-bond acceptors (Lipinski definition) is 3. The summed E-state index contributed by atoms with van der Waals surface area (Å²) >= 11 is 5.74. The van der Waals surface area contributed by atoms with Crippen molar-refractivity contribution < 1.29 is 10.0 Å². The van der Waals surface area contributed by atoms with Gasteiger partial charge in [-0.2, -0.15) is 0 Å². The number of hydroxylamine groups is 1. The number of halogens is 1. The van der Waals surface area contributed by atoms with E-state index in [1.807, 2.05) is 5.48 Å². The molecule has 0 aliphatic rings. The molecule has 0 heterocycles. The number of nitrogens with one attached hydrogen (secondary N) is 3. The Hall–Kier alpha value is -1.72. The predicted octanol–water partition coefficient (Wildman–Crippen LogP) is 2.73. The van der Waals surface area contributed by atoms with Crippen molar-refractivity contribution in [3.8, 4) is 0 Å². The predicted molar refractivity (Wildman–Crippen MR) is 71.7 cm³/mol. The maximum atomic E-state index is 11.7. The summed E-state index contributed by atoms with van der Waals surface area (Å²) in [5.41, 5.74) is 2.05. The van der Waals surface area contributed by atoms with Crippen LogP contribution in [0.3, 0.4) is 0 Å². The van der Waals surface area contributed by atoms with Crippen LogP contribution < -0.4 is 16.1 Å². The molecular formula is C12H16ClN3O2. The van der Waals surface area contributed by atoms with Crippen molar-refractivity contribution in [2.24, 2.45) is 0 Å². The third-order valence-corrected chi connectivity index (χ3v) is 2.67. The summed E-state index contributed by atoms with van der Waals surface area (Å²) in [6.07, 6.45) is 0. The van der Waals surface area contributed by atoms with Gasteiger partial charge in [-0.3, -0.25) is 10.7 Å². The molecule has 1 aromatic rings. The SMILES string of the molecule is C=C(NO)C(C)(C)NC(=O)Nc1ccc(Cl)cc1. The zero-order chi connectivity index (χ0) is 13.8. The second-order valence-corrected chi connectivity index (χ2v) is 4.74. The van der Waals surface area contributed by atoms with Gasteiger partial charge in [0.2, 0.25) is 0 Å². The summed E-state index contributed by atoms with van der Waals surface area (Å²) in [6.45, 7) is 7.01. The largest absolute Gasteiger partial charge is 0.327 e. The van der Waals surface area contributed by atoms with Crippen molar-refractivity contribution >= 4 is 23.3 Å². The van der Waals surface area contributed by atoms with E-state index in [2.05, 4.69) is 17.2 Å². The van der Waals surface area contributed by atoms with Crippen molar-refractivity contribution in [2.45, 2.75) is 19.4 Å². The fourth-order valence-electron chi connectivity index (χ4n) is 1.19. The van der Waals surface area contributed by atoms with Crippen LogP contribution in [-0.2, 0) is 0 Å². The lowest BCUT2D eigenvalue weighted by Crippen LogP contribution is -2.49. The Morgan fingerprint density at radius 2 is 1.89 bits per heavy atom. The fraction of sp³-hybridized carbons (Fsp3) is 0.250. The number of carbonyl (C=O) groups is 1. The fourth-order valence-corrected chi connectivity index (χ4v) is 1.32. The van der Waals surface area contributed by atoms with Crippen molar-refractivity contribution in [1.82, 2.24) is 10.8 Å². The molecule has 0 spiro atoms. The Bertz CT molecular complexity index is 443. The lowest BCUT2D eigenvalue weighted by atomic mass is 10.0. The van der Waals surface area contributed by atoms with Crippen LogP contribution in [0.5, 0.6) is 0 Å². The van der Waals surface area contributed by atoms with Crippen LogP contribution >= 0.6 is 11.6 Å². The first-order chi connectivity index (χ1) is 8.35. The minimum atomic E-state index is -0.786. The molecule has 0 atom stereocenters. The van der Waals surface area contributed by atoms with Crippen LogP contribution in [0, 0.1) is 0 Å². The van der Waals surface area contributed by atoms with Crippen molar-refractivity contribution in [2.75, 3.05) is 5.32 Å². The summed E-state index contributed by atoms with van der Waals surface area (Å²) in [5.74, 6) is 0. The van der Waals surface area contributed by atoms with E-state index in [0.717, 1.165) is 0 Å². The second kappa shape index (κ2) is 5.75. The highest BCUT2D eigenvalue weighted by molar-refractivity contribution is 6.30. The summed E-state index contributed by atoms with van der Waals surface area (Å²) < 4.78 is 0. The molecule has 0 saturated heterocycles. The van der Waals surface area contributed by atoms with Crippen LogP contribution in [0.1, 0.15) is 13.8 Å². The van der Waals surface area contributed by atoms with Crippen molar-refractivity contribution in [1.29, 1.82) is 0 Å². The van der Waals surface area contributed by atoms with E-state index in [0.29, 0.717) is 10.7 Å². The average molecular weight is 270 g/mol. The minimum Gasteiger partial charge on any atom is -0.327 e. The van der Waals surface area contributed by atoms with Crippen LogP contribution in [0.15, 0.2) is 36.5 Å².